The highest BCUT2D eigenvalue weighted by Crippen LogP contribution is 0.983. The van der Waals surface area contributed by atoms with Crippen molar-refractivity contribution < 1.29 is 4.79 Å². The second kappa shape index (κ2) is 2.16. The van der Waals surface area contributed by atoms with Crippen LogP contribution in [-0.4, -0.2) is 10.7 Å². The van der Waals surface area contributed by atoms with Crippen molar-refractivity contribution in [1.29, 1.82) is 5.53 Å². The molecule has 0 unspecified atom stereocenters. The van der Waals surface area contributed by atoms with Crippen LogP contribution in [0.1, 0.15) is 0 Å². The Morgan fingerprint density at radius 1 is 2.00 bits per heavy atom. The lowest BCUT2D eigenvalue weighted by Gasteiger charge is -0.972. The summed E-state index contributed by atoms with van der Waals surface area (Å²) in [7, 11) is 0. The summed E-state index contributed by atoms with van der Waals surface area (Å²) in [5.41, 5.74) is 5.90. The van der Waals surface area contributed by atoms with E-state index in [9.17, 15) is 0 Å². The lowest BCUT2D eigenvalue weighted by atomic mass is 11.2. The van der Waals surface area contributed by atoms with Gasteiger partial charge in [0.2, 0.25) is 0 Å². The Morgan fingerprint density at radius 3 is 2.25 bits per heavy atom. The average Bonchev–Trinajstić information content (AvgIpc) is 1.37. The van der Waals surface area contributed by atoms with Crippen LogP contribution in [0.15, 0.2) is 6.58 Å². The molecular formula is C2H3N2+. The van der Waals surface area contributed by atoms with E-state index in [0.717, 1.165) is 0 Å². The minimum atomic E-state index is 1.97. The molecule has 0 heterocycles. The first kappa shape index (κ1) is 3.16. The number of nitrogens with zero attached hydrogens (tertiary/aromatic N) is 1. The highest BCUT2D eigenvalue weighted by Gasteiger charge is 1.34. The maximum absolute atomic E-state index is 5.90. The Kier molecular flexibility index (Phi) is 1.71. The summed E-state index contributed by atoms with van der Waals surface area (Å²) in [5, 5.41) is 0. The van der Waals surface area contributed by atoms with Crippen molar-refractivity contribution in [2.75, 3.05) is 0 Å². The molecular weight excluding hydrogens is 52.0 g/mol. The van der Waals surface area contributed by atoms with Gasteiger partial charge >= 0.3 is 5.87 Å². The molecule has 0 amide bonds. The summed E-state index contributed by atoms with van der Waals surface area (Å²) < 4.78 is 0. The standard InChI is InChI=1S/C2H3N2/c1-2-4-3/h3H,1H2/q+1. The molecule has 20 valence electrons. The SMILES string of the molecule is C=C=[N+]=N. The second-order valence-electron chi connectivity index (χ2n) is 0.270. The Balaban J connectivity index is 3.95. The maximum atomic E-state index is 5.90. The van der Waals surface area contributed by atoms with Crippen LogP contribution >= 0.6 is 0 Å². The van der Waals surface area contributed by atoms with Gasteiger partial charge in [-0.25, -0.2) is 0 Å². The van der Waals surface area contributed by atoms with E-state index in [1.807, 2.05) is 5.87 Å². The van der Waals surface area contributed by atoms with E-state index in [2.05, 4.69) is 11.4 Å². The predicted octanol–water partition coefficient (Wildman–Crippen LogP) is 0.0813. The lowest BCUT2D eigenvalue weighted by molar-refractivity contribution is -0.108. The van der Waals surface area contributed by atoms with Gasteiger partial charge in [-0.05, 0) is 0 Å². The minimum Gasteiger partial charge on any atom is 0.0329 e. The lowest BCUT2D eigenvalue weighted by Crippen LogP contribution is -1.36. The molecule has 2 heteroatoms. The molecule has 0 aromatic heterocycles. The molecule has 0 aliphatic carbocycles. The molecule has 0 atom stereocenters. The zero-order valence-corrected chi connectivity index (χ0v) is 2.15. The normalized spacial score (nSPS) is 3.00. The number of hydrogen-bond acceptors (Lipinski definition) is 1. The quantitative estimate of drug-likeness (QED) is 0.231. The van der Waals surface area contributed by atoms with Gasteiger partial charge in [-0.15, -0.1) is 0 Å². The Morgan fingerprint density at radius 2 is 2.25 bits per heavy atom. The molecule has 0 aliphatic heterocycles. The van der Waals surface area contributed by atoms with Crippen molar-refractivity contribution in [2.24, 2.45) is 0 Å². The van der Waals surface area contributed by atoms with Crippen LogP contribution in [0, 0.1) is 5.53 Å². The molecule has 0 aromatic rings. The molecule has 0 saturated heterocycles. The number of nitrogens with one attached hydrogen (secondary N) is 1. The molecule has 0 aliphatic rings. The molecule has 0 rings (SSSR count). The molecule has 0 bridgehead atoms. The first-order valence-electron chi connectivity index (χ1n) is 0.801. The third kappa shape index (κ3) is 1.16. The van der Waals surface area contributed by atoms with E-state index < -0.39 is 0 Å². The summed E-state index contributed by atoms with van der Waals surface area (Å²) in [5.74, 6) is 1.97. The first-order chi connectivity index (χ1) is 1.91. The van der Waals surface area contributed by atoms with E-state index in [0.29, 0.717) is 0 Å². The third-order valence-corrected chi connectivity index (χ3v) is 0.0791. The van der Waals surface area contributed by atoms with Gasteiger partial charge in [0.25, 0.3) is 0 Å². The smallest absolute Gasteiger partial charge is 0.0329 e. The number of hydrogen-bond donors (Lipinski definition) is 1. The van der Waals surface area contributed by atoms with Gasteiger partial charge in [-0.3, -0.25) is 0 Å². The van der Waals surface area contributed by atoms with E-state index in [-0.39, 0.29) is 0 Å². The van der Waals surface area contributed by atoms with E-state index in [1.165, 1.54) is 0 Å². The fraction of sp³-hybridized carbons (Fsp3) is 0. The van der Waals surface area contributed by atoms with Crippen LogP contribution in [0.3, 0.4) is 0 Å². The van der Waals surface area contributed by atoms with Crippen molar-refractivity contribution in [2.45, 2.75) is 0 Å². The predicted molar refractivity (Wildman–Crippen MR) is 13.6 cm³/mol. The van der Waals surface area contributed by atoms with Crippen LogP contribution in [0.5, 0.6) is 0 Å². The largest absolute Gasteiger partial charge is 0.343 e. The monoisotopic (exact) mass is 55.0 g/mol. The molecule has 4 heavy (non-hydrogen) atoms. The Bertz CT molecular complexity index is 54.1. The summed E-state index contributed by atoms with van der Waals surface area (Å²) in [6.45, 7) is 3.00. The third-order valence-electron chi connectivity index (χ3n) is 0.0791. The van der Waals surface area contributed by atoms with Crippen LogP contribution in [0.25, 0.3) is 0 Å². The van der Waals surface area contributed by atoms with Crippen LogP contribution in [0.4, 0.5) is 0 Å². The minimum absolute atomic E-state index is 1.97. The van der Waals surface area contributed by atoms with Gasteiger partial charge in [0, 0.05) is 6.58 Å². The van der Waals surface area contributed by atoms with Gasteiger partial charge in [0.05, 0.1) is 5.53 Å². The zero-order chi connectivity index (χ0) is 3.41. The maximum Gasteiger partial charge on any atom is 0.343 e. The van der Waals surface area contributed by atoms with Gasteiger partial charge < -0.3 is 0 Å². The van der Waals surface area contributed by atoms with Crippen molar-refractivity contribution in [1.82, 2.24) is 0 Å². The second-order valence-corrected chi connectivity index (χ2v) is 0.270. The van der Waals surface area contributed by atoms with Gasteiger partial charge in [-0.2, -0.15) is 0 Å². The topological polar surface area (TPSA) is 38.0 Å². The van der Waals surface area contributed by atoms with Crippen LogP contribution in [0.2, 0.25) is 0 Å². The molecule has 0 fully saturated rings. The van der Waals surface area contributed by atoms with Gasteiger partial charge in [0.15, 0.2) is 0 Å². The van der Waals surface area contributed by atoms with Gasteiger partial charge in [0.1, 0.15) is 4.79 Å². The summed E-state index contributed by atoms with van der Waals surface area (Å²) in [6.07, 6.45) is 0. The Labute approximate surface area is 24.0 Å². The highest BCUT2D eigenvalue weighted by atomic mass is 14.8. The highest BCUT2D eigenvalue weighted by molar-refractivity contribution is 5.38. The fourth-order valence-corrected chi connectivity index (χ4v) is 0. The fourth-order valence-electron chi connectivity index (χ4n) is 0. The van der Waals surface area contributed by atoms with E-state index in [1.54, 1.807) is 0 Å². The van der Waals surface area contributed by atoms with Crippen molar-refractivity contribution in [3.8, 4) is 0 Å². The first-order valence-corrected chi connectivity index (χ1v) is 0.801. The van der Waals surface area contributed by atoms with Gasteiger partial charge in [-0.1, -0.05) is 0 Å². The number of rotatable bonds is 0. The van der Waals surface area contributed by atoms with Crippen molar-refractivity contribution >= 4 is 5.87 Å². The summed E-state index contributed by atoms with van der Waals surface area (Å²) in [6, 6.07) is 0. The van der Waals surface area contributed by atoms with Crippen LogP contribution < -0.4 is 0 Å². The van der Waals surface area contributed by atoms with Crippen molar-refractivity contribution in [3.63, 3.8) is 0 Å². The summed E-state index contributed by atoms with van der Waals surface area (Å²) >= 11 is 0. The van der Waals surface area contributed by atoms with Crippen molar-refractivity contribution in [3.05, 3.63) is 6.58 Å². The van der Waals surface area contributed by atoms with E-state index in [4.69, 9.17) is 5.53 Å². The Hall–Kier alpha value is -0.840. The van der Waals surface area contributed by atoms with Crippen LogP contribution in [-0.2, 0) is 0 Å². The summed E-state index contributed by atoms with van der Waals surface area (Å²) in [4.78, 5) is 2.62. The average molecular weight is 55.1 g/mol. The molecule has 2 nitrogen and oxygen atoms in total. The molecule has 1 N–H and O–H groups in total. The van der Waals surface area contributed by atoms with E-state index >= 15 is 0 Å². The molecule has 0 radical (unpaired) electrons. The molecule has 0 aromatic carbocycles. The zero-order valence-electron chi connectivity index (χ0n) is 2.15. The molecule has 0 spiro atoms. The molecule has 0 saturated carbocycles.